The number of pyridine rings is 1. The van der Waals surface area contributed by atoms with E-state index in [9.17, 15) is 4.79 Å². The highest BCUT2D eigenvalue weighted by molar-refractivity contribution is 6.29. The summed E-state index contributed by atoms with van der Waals surface area (Å²) in [5.41, 5.74) is 2.65. The van der Waals surface area contributed by atoms with E-state index in [1.165, 1.54) is 18.9 Å². The molecule has 18 heavy (non-hydrogen) atoms. The van der Waals surface area contributed by atoms with Crippen LogP contribution in [0.25, 0.3) is 0 Å². The van der Waals surface area contributed by atoms with Crippen LogP contribution in [0.3, 0.4) is 0 Å². The van der Waals surface area contributed by atoms with Crippen LogP contribution in [0.5, 0.6) is 0 Å². The molecule has 1 aromatic rings. The van der Waals surface area contributed by atoms with Crippen LogP contribution in [0.2, 0.25) is 5.15 Å². The Hall–Kier alpha value is -1.33. The Morgan fingerprint density at radius 2 is 2.17 bits per heavy atom. The van der Waals surface area contributed by atoms with Gasteiger partial charge in [-0.2, -0.15) is 0 Å². The number of halogens is 1. The Bertz CT molecular complexity index is 471. The summed E-state index contributed by atoms with van der Waals surface area (Å²) in [6.07, 6.45) is 2.33. The quantitative estimate of drug-likeness (QED) is 0.443. The number of carbonyl (C=O) groups excluding carboxylic acids is 1. The summed E-state index contributed by atoms with van der Waals surface area (Å²) in [7, 11) is 0. The summed E-state index contributed by atoms with van der Waals surface area (Å²) >= 11 is 5.83. The summed E-state index contributed by atoms with van der Waals surface area (Å²) in [5, 5.41) is 3.26. The molecule has 98 valence electrons. The largest absolute Gasteiger partial charge is 0.347 e. The van der Waals surface area contributed by atoms with Crippen molar-refractivity contribution in [2.45, 2.75) is 32.2 Å². The Morgan fingerprint density at radius 3 is 2.72 bits per heavy atom. The van der Waals surface area contributed by atoms with Gasteiger partial charge in [-0.3, -0.25) is 4.79 Å². The summed E-state index contributed by atoms with van der Waals surface area (Å²) in [5.74, 6) is 6.04. The monoisotopic (exact) mass is 268 g/mol. The van der Waals surface area contributed by atoms with Crippen molar-refractivity contribution in [3.8, 4) is 0 Å². The molecule has 1 aromatic heterocycles. The second-order valence-corrected chi connectivity index (χ2v) is 5.55. The Kier molecular flexibility index (Phi) is 3.45. The van der Waals surface area contributed by atoms with Crippen LogP contribution in [0.4, 0.5) is 5.82 Å². The number of hydrogen-bond donors (Lipinski definition) is 3. The molecule has 0 radical (unpaired) electrons. The Labute approximate surface area is 111 Å². The third-order valence-electron chi connectivity index (χ3n) is 3.24. The second-order valence-electron chi connectivity index (χ2n) is 5.16. The fourth-order valence-electron chi connectivity index (χ4n) is 1.97. The third kappa shape index (κ3) is 2.91. The number of nitrogens with one attached hydrogen (secondary N) is 2. The number of aromatic nitrogens is 1. The first-order valence-corrected chi connectivity index (χ1v) is 6.27. The molecule has 1 heterocycles. The topological polar surface area (TPSA) is 80.0 Å². The number of nitrogens with two attached hydrogens (primary N) is 1. The van der Waals surface area contributed by atoms with E-state index in [0.717, 1.165) is 0 Å². The van der Waals surface area contributed by atoms with E-state index in [0.29, 0.717) is 17.3 Å². The van der Waals surface area contributed by atoms with Gasteiger partial charge in [0, 0.05) is 11.1 Å². The number of anilines is 1. The van der Waals surface area contributed by atoms with E-state index in [2.05, 4.69) is 15.7 Å². The summed E-state index contributed by atoms with van der Waals surface area (Å²) in [6.45, 7) is 4.07. The molecule has 0 aliphatic heterocycles. The van der Waals surface area contributed by atoms with Gasteiger partial charge in [-0.25, -0.2) is 10.8 Å². The second kappa shape index (κ2) is 4.74. The maximum absolute atomic E-state index is 12.1. The van der Waals surface area contributed by atoms with Crippen molar-refractivity contribution in [2.75, 3.05) is 5.43 Å². The zero-order chi connectivity index (χ0) is 13.3. The van der Waals surface area contributed by atoms with Crippen LogP contribution in [0.1, 0.15) is 37.0 Å². The van der Waals surface area contributed by atoms with Gasteiger partial charge in [0.1, 0.15) is 11.0 Å². The van der Waals surface area contributed by atoms with Crippen LogP contribution in [-0.2, 0) is 0 Å². The number of amides is 1. The van der Waals surface area contributed by atoms with Gasteiger partial charge in [-0.1, -0.05) is 11.6 Å². The first kappa shape index (κ1) is 13.1. The van der Waals surface area contributed by atoms with Crippen molar-refractivity contribution in [3.63, 3.8) is 0 Å². The summed E-state index contributed by atoms with van der Waals surface area (Å²) in [4.78, 5) is 16.1. The highest BCUT2D eigenvalue weighted by Crippen LogP contribution is 2.39. The molecule has 0 spiro atoms. The molecule has 2 rings (SSSR count). The van der Waals surface area contributed by atoms with E-state index < -0.39 is 0 Å². The minimum Gasteiger partial charge on any atom is -0.347 e. The number of rotatable bonds is 4. The molecule has 1 amide bonds. The zero-order valence-electron chi connectivity index (χ0n) is 10.5. The van der Waals surface area contributed by atoms with Gasteiger partial charge in [0.15, 0.2) is 0 Å². The normalized spacial score (nSPS) is 15.3. The van der Waals surface area contributed by atoms with E-state index in [1.54, 1.807) is 6.07 Å². The molecular formula is C12H17ClN4O. The van der Waals surface area contributed by atoms with E-state index >= 15 is 0 Å². The Balaban J connectivity index is 2.15. The predicted octanol–water partition coefficient (Wildman–Crippen LogP) is 1.94. The van der Waals surface area contributed by atoms with Gasteiger partial charge in [-0.05, 0) is 44.7 Å². The van der Waals surface area contributed by atoms with Crippen LogP contribution < -0.4 is 16.6 Å². The number of hydrazine groups is 1. The van der Waals surface area contributed by atoms with Crippen molar-refractivity contribution in [3.05, 3.63) is 22.8 Å². The molecule has 0 bridgehead atoms. The molecular weight excluding hydrogens is 252 g/mol. The van der Waals surface area contributed by atoms with Crippen molar-refractivity contribution in [2.24, 2.45) is 11.8 Å². The summed E-state index contributed by atoms with van der Waals surface area (Å²) in [6, 6.07) is 3.10. The van der Waals surface area contributed by atoms with Crippen LogP contribution in [0.15, 0.2) is 12.1 Å². The SMILES string of the molecule is CC(C)(NC(=O)c1cc(Cl)nc(NN)c1)C1CC1. The lowest BCUT2D eigenvalue weighted by atomic mass is 9.98. The minimum absolute atomic E-state index is 0.160. The van der Waals surface area contributed by atoms with Gasteiger partial charge in [0.25, 0.3) is 5.91 Å². The molecule has 5 nitrogen and oxygen atoms in total. The van der Waals surface area contributed by atoms with E-state index in [4.69, 9.17) is 17.4 Å². The molecule has 4 N–H and O–H groups in total. The number of nitrogen functional groups attached to an aromatic ring is 1. The highest BCUT2D eigenvalue weighted by Gasteiger charge is 2.38. The zero-order valence-corrected chi connectivity index (χ0v) is 11.2. The lowest BCUT2D eigenvalue weighted by molar-refractivity contribution is 0.0903. The molecule has 0 aromatic carbocycles. The van der Waals surface area contributed by atoms with Gasteiger partial charge in [0.05, 0.1) is 0 Å². The van der Waals surface area contributed by atoms with Gasteiger partial charge in [-0.15, -0.1) is 0 Å². The van der Waals surface area contributed by atoms with Gasteiger partial charge >= 0.3 is 0 Å². The molecule has 1 aliphatic rings. The van der Waals surface area contributed by atoms with E-state index in [-0.39, 0.29) is 16.6 Å². The molecule has 6 heteroatoms. The van der Waals surface area contributed by atoms with Crippen molar-refractivity contribution in [1.29, 1.82) is 0 Å². The standard InChI is InChI=1S/C12H17ClN4O/c1-12(2,8-3-4-8)16-11(18)7-5-9(13)15-10(6-7)17-14/h5-6,8H,3-4,14H2,1-2H3,(H,15,17)(H,16,18). The van der Waals surface area contributed by atoms with Gasteiger partial charge in [0.2, 0.25) is 0 Å². The molecule has 0 atom stereocenters. The molecule has 1 aliphatic carbocycles. The lowest BCUT2D eigenvalue weighted by Crippen LogP contribution is -2.45. The van der Waals surface area contributed by atoms with Crippen LogP contribution >= 0.6 is 11.6 Å². The first-order chi connectivity index (χ1) is 8.42. The number of carbonyl (C=O) groups is 1. The smallest absolute Gasteiger partial charge is 0.251 e. The number of nitrogens with zero attached hydrogens (tertiary/aromatic N) is 1. The summed E-state index contributed by atoms with van der Waals surface area (Å²) < 4.78 is 0. The van der Waals surface area contributed by atoms with Crippen LogP contribution in [0, 0.1) is 5.92 Å². The molecule has 0 unspecified atom stereocenters. The molecule has 1 saturated carbocycles. The first-order valence-electron chi connectivity index (χ1n) is 5.89. The highest BCUT2D eigenvalue weighted by atomic mass is 35.5. The lowest BCUT2D eigenvalue weighted by Gasteiger charge is -2.26. The Morgan fingerprint density at radius 1 is 1.50 bits per heavy atom. The number of hydrogen-bond acceptors (Lipinski definition) is 4. The molecule has 0 saturated heterocycles. The fourth-order valence-corrected chi connectivity index (χ4v) is 2.18. The van der Waals surface area contributed by atoms with Crippen molar-refractivity contribution >= 4 is 23.3 Å². The predicted molar refractivity (Wildman–Crippen MR) is 71.3 cm³/mol. The van der Waals surface area contributed by atoms with Crippen LogP contribution in [-0.4, -0.2) is 16.4 Å². The molecule has 1 fully saturated rings. The van der Waals surface area contributed by atoms with Crippen molar-refractivity contribution in [1.82, 2.24) is 10.3 Å². The average molecular weight is 269 g/mol. The third-order valence-corrected chi connectivity index (χ3v) is 3.43. The van der Waals surface area contributed by atoms with Crippen molar-refractivity contribution < 1.29 is 4.79 Å². The average Bonchev–Trinajstić information content (AvgIpc) is 3.11. The van der Waals surface area contributed by atoms with Gasteiger partial charge < -0.3 is 10.7 Å². The minimum atomic E-state index is -0.191. The maximum atomic E-state index is 12.1. The van der Waals surface area contributed by atoms with E-state index in [1.807, 2.05) is 13.8 Å². The fraction of sp³-hybridized carbons (Fsp3) is 0.500. The maximum Gasteiger partial charge on any atom is 0.251 e.